The maximum Gasteiger partial charge on any atom is 0.460 e. The van der Waals surface area contributed by atoms with Crippen LogP contribution in [0.15, 0.2) is 11.8 Å². The number of hydrogen-bond acceptors (Lipinski definition) is 4. The highest BCUT2D eigenvalue weighted by molar-refractivity contribution is 7.88. The highest BCUT2D eigenvalue weighted by atomic mass is 32.2. The first-order valence-electron chi connectivity index (χ1n) is 6.55. The maximum atomic E-state index is 13.5. The van der Waals surface area contributed by atoms with Gasteiger partial charge >= 0.3 is 33.4 Å². The van der Waals surface area contributed by atoms with Crippen LogP contribution in [0.25, 0.3) is 0 Å². The Morgan fingerprint density at radius 1 is 0.923 bits per heavy atom. The highest BCUT2D eigenvalue weighted by Gasteiger charge is 2.86. The van der Waals surface area contributed by atoms with E-state index in [0.29, 0.717) is 6.08 Å². The largest absolute Gasteiger partial charge is 0.460 e. The Morgan fingerprint density at radius 3 is 1.77 bits per heavy atom. The van der Waals surface area contributed by atoms with Gasteiger partial charge in [0.05, 0.1) is 0 Å². The van der Waals surface area contributed by atoms with Gasteiger partial charge in [0.25, 0.3) is 0 Å². The fraction of sp³-hybridized carbons (Fsp3) is 0.750. The van der Waals surface area contributed by atoms with Gasteiger partial charge in [-0.25, -0.2) is 0 Å². The van der Waals surface area contributed by atoms with Gasteiger partial charge < -0.3 is 4.18 Å². The molecule has 0 aromatic carbocycles. The molecule has 0 saturated heterocycles. The first-order chi connectivity index (χ1) is 11.2. The van der Waals surface area contributed by atoms with Crippen molar-refractivity contribution < 1.29 is 56.9 Å². The van der Waals surface area contributed by atoms with E-state index in [1.54, 1.807) is 0 Å². The molecule has 4 nitrogen and oxygen atoms in total. The van der Waals surface area contributed by atoms with Crippen LogP contribution in [0.3, 0.4) is 0 Å². The van der Waals surface area contributed by atoms with Crippen LogP contribution in [0.5, 0.6) is 0 Å². The quantitative estimate of drug-likeness (QED) is 0.496. The van der Waals surface area contributed by atoms with E-state index in [2.05, 4.69) is 4.18 Å². The molecule has 0 bridgehead atoms. The van der Waals surface area contributed by atoms with Crippen LogP contribution >= 0.6 is 0 Å². The van der Waals surface area contributed by atoms with Gasteiger partial charge in [0.1, 0.15) is 5.76 Å². The van der Waals surface area contributed by atoms with Crippen LogP contribution in [-0.2, 0) is 19.1 Å². The zero-order valence-corrected chi connectivity index (χ0v) is 13.8. The van der Waals surface area contributed by atoms with Gasteiger partial charge in [0.2, 0.25) is 0 Å². The molecule has 0 N–H and O–H groups in total. The Labute approximate surface area is 141 Å². The van der Waals surface area contributed by atoms with Crippen molar-refractivity contribution in [2.45, 2.75) is 50.0 Å². The summed E-state index contributed by atoms with van der Waals surface area (Å²) in [6.07, 6.45) is -7.55. The fourth-order valence-corrected chi connectivity index (χ4v) is 2.99. The van der Waals surface area contributed by atoms with Crippen molar-refractivity contribution in [1.29, 1.82) is 0 Å². The molecular formula is C12H11F9O4S. The molecule has 1 rings (SSSR count). The molecule has 0 fully saturated rings. The van der Waals surface area contributed by atoms with Crippen molar-refractivity contribution in [2.24, 2.45) is 5.41 Å². The normalized spacial score (nSPS) is 20.0. The second kappa shape index (κ2) is 6.02. The number of carbonyl (C=O) groups excluding carboxylic acids is 1. The summed E-state index contributed by atoms with van der Waals surface area (Å²) in [5.74, 6) is -16.7. The van der Waals surface area contributed by atoms with Crippen LogP contribution in [0.2, 0.25) is 0 Å². The van der Waals surface area contributed by atoms with E-state index in [-0.39, 0.29) is 6.42 Å². The number of ketones is 1. The van der Waals surface area contributed by atoms with E-state index in [4.69, 9.17) is 0 Å². The van der Waals surface area contributed by atoms with Gasteiger partial charge in [-0.2, -0.15) is 47.9 Å². The Morgan fingerprint density at radius 2 is 1.38 bits per heavy atom. The lowest BCUT2D eigenvalue weighted by molar-refractivity contribution is -0.382. The van der Waals surface area contributed by atoms with Crippen molar-refractivity contribution in [2.75, 3.05) is 0 Å². The van der Waals surface area contributed by atoms with E-state index >= 15 is 0 Å². The molecule has 1 aliphatic rings. The summed E-state index contributed by atoms with van der Waals surface area (Å²) in [4.78, 5) is 11.4. The third-order valence-electron chi connectivity index (χ3n) is 3.27. The first kappa shape index (κ1) is 22.6. The molecule has 0 atom stereocenters. The minimum atomic E-state index is -7.38. The van der Waals surface area contributed by atoms with Gasteiger partial charge in [-0.15, -0.1) is 0 Å². The summed E-state index contributed by atoms with van der Waals surface area (Å²) in [6, 6.07) is 0. The third kappa shape index (κ3) is 3.64. The van der Waals surface area contributed by atoms with E-state index in [0.717, 1.165) is 0 Å². The number of rotatable bonds is 5. The Bertz CT molecular complexity index is 719. The van der Waals surface area contributed by atoms with E-state index in [1.165, 1.54) is 13.8 Å². The van der Waals surface area contributed by atoms with Gasteiger partial charge in [0, 0.05) is 18.9 Å². The maximum absolute atomic E-state index is 13.5. The molecule has 1 aliphatic carbocycles. The lowest BCUT2D eigenvalue weighted by atomic mass is 9.80. The zero-order chi connectivity index (χ0) is 21.0. The zero-order valence-electron chi connectivity index (χ0n) is 12.9. The second-order valence-corrected chi connectivity index (χ2v) is 7.88. The average molecular weight is 422 g/mol. The molecule has 0 aromatic heterocycles. The van der Waals surface area contributed by atoms with E-state index < -0.39 is 56.8 Å². The Hall–Kier alpha value is -1.47. The summed E-state index contributed by atoms with van der Waals surface area (Å²) >= 11 is 0. The third-order valence-corrected chi connectivity index (χ3v) is 4.59. The van der Waals surface area contributed by atoms with Crippen LogP contribution in [0, 0.1) is 5.41 Å². The van der Waals surface area contributed by atoms with Crippen molar-refractivity contribution in [3.8, 4) is 0 Å². The molecule has 0 saturated carbocycles. The number of alkyl halides is 9. The van der Waals surface area contributed by atoms with Gasteiger partial charge in [-0.05, 0) is 5.41 Å². The van der Waals surface area contributed by atoms with Crippen LogP contribution in [-0.4, -0.2) is 37.5 Å². The molecule has 14 heteroatoms. The summed E-state index contributed by atoms with van der Waals surface area (Å²) < 4.78 is 141. The molecule has 0 aliphatic heterocycles. The van der Waals surface area contributed by atoms with Gasteiger partial charge in [-0.1, -0.05) is 13.8 Å². The summed E-state index contributed by atoms with van der Waals surface area (Å²) in [5.41, 5.74) is -1.05. The molecule has 0 amide bonds. The van der Waals surface area contributed by atoms with Crippen LogP contribution in [0.1, 0.15) is 26.7 Å². The molecule has 152 valence electrons. The molecular weight excluding hydrogens is 411 g/mol. The minimum absolute atomic E-state index is 0.196. The standard InChI is InChI=1S/C12H11F9O4S/c1-8(2)4-6(22)3-7(5-8)25-26(23,24)12(20,21)10(15,16)9(13,14)11(17,18)19/h3H,4-5H2,1-2H3. The monoisotopic (exact) mass is 422 g/mol. The number of allylic oxidation sites excluding steroid dienone is 2. The van der Waals surface area contributed by atoms with Crippen molar-refractivity contribution in [3.05, 3.63) is 11.8 Å². The predicted molar refractivity (Wildman–Crippen MR) is 67.0 cm³/mol. The number of carbonyl (C=O) groups is 1. The Balaban J connectivity index is 3.32. The van der Waals surface area contributed by atoms with Crippen LogP contribution in [0.4, 0.5) is 39.5 Å². The molecule has 0 heterocycles. The van der Waals surface area contributed by atoms with Crippen molar-refractivity contribution in [3.63, 3.8) is 0 Å². The lowest BCUT2D eigenvalue weighted by Gasteiger charge is -2.33. The fourth-order valence-electron chi connectivity index (χ4n) is 2.05. The molecule has 26 heavy (non-hydrogen) atoms. The average Bonchev–Trinajstić information content (AvgIpc) is 2.32. The smallest absolute Gasteiger partial charge is 0.382 e. The number of halogens is 9. The highest BCUT2D eigenvalue weighted by Crippen LogP contribution is 2.55. The van der Waals surface area contributed by atoms with Crippen LogP contribution < -0.4 is 0 Å². The van der Waals surface area contributed by atoms with Crippen molar-refractivity contribution >= 4 is 15.9 Å². The van der Waals surface area contributed by atoms with Crippen molar-refractivity contribution in [1.82, 2.24) is 0 Å². The first-order valence-corrected chi connectivity index (χ1v) is 7.96. The molecule has 0 spiro atoms. The Kier molecular flexibility index (Phi) is 5.23. The van der Waals surface area contributed by atoms with E-state index in [1.807, 2.05) is 0 Å². The SMILES string of the molecule is CC1(C)CC(=O)C=C(OS(=O)(=O)C(F)(F)C(F)(F)C(F)(F)C(F)(F)F)C1. The predicted octanol–water partition coefficient (Wildman–Crippen LogP) is 4.03. The molecule has 0 aromatic rings. The topological polar surface area (TPSA) is 60.4 Å². The summed E-state index contributed by atoms with van der Waals surface area (Å²) in [6.45, 7) is 2.69. The number of hydrogen-bond donors (Lipinski definition) is 0. The minimum Gasteiger partial charge on any atom is -0.382 e. The lowest BCUT2D eigenvalue weighted by Crippen LogP contribution is -2.63. The van der Waals surface area contributed by atoms with Gasteiger partial charge in [0.15, 0.2) is 5.78 Å². The second-order valence-electron chi connectivity index (χ2n) is 6.30. The summed E-state index contributed by atoms with van der Waals surface area (Å²) in [5, 5.41) is -6.95. The molecule has 0 unspecified atom stereocenters. The van der Waals surface area contributed by atoms with E-state index in [9.17, 15) is 52.7 Å². The van der Waals surface area contributed by atoms with Gasteiger partial charge in [-0.3, -0.25) is 4.79 Å². The summed E-state index contributed by atoms with van der Waals surface area (Å²) in [7, 11) is -7.02. The molecule has 0 radical (unpaired) electrons.